The van der Waals surface area contributed by atoms with Crippen LogP contribution in [0.5, 0.6) is 5.75 Å². The molecule has 0 saturated heterocycles. The van der Waals surface area contributed by atoms with Gasteiger partial charge in [0.2, 0.25) is 0 Å². The molecule has 1 atom stereocenters. The lowest BCUT2D eigenvalue weighted by molar-refractivity contribution is -0.137. The van der Waals surface area contributed by atoms with Crippen molar-refractivity contribution in [1.29, 1.82) is 0 Å². The molecule has 0 radical (unpaired) electrons. The molecule has 0 fully saturated rings. The molecule has 0 spiro atoms. The number of aryl methyl sites for hydroxylation is 1. The number of halogens is 3. The van der Waals surface area contributed by atoms with Crippen LogP contribution in [0.15, 0.2) is 72.3 Å². The lowest BCUT2D eigenvalue weighted by atomic mass is 10.1. The van der Waals surface area contributed by atoms with Crippen LogP contribution in [0.25, 0.3) is 0 Å². The summed E-state index contributed by atoms with van der Waals surface area (Å²) < 4.78 is 43.5. The van der Waals surface area contributed by atoms with E-state index in [9.17, 15) is 18.3 Å². The molecular weight excluding hydrogens is 391 g/mol. The van der Waals surface area contributed by atoms with E-state index in [1.807, 2.05) is 18.2 Å². The Morgan fingerprint density at radius 2 is 1.80 bits per heavy atom. The number of alkyl halides is 3. The third-order valence-electron chi connectivity index (χ3n) is 5.02. The maximum absolute atomic E-state index is 12.7. The first-order valence-corrected chi connectivity index (χ1v) is 9.91. The van der Waals surface area contributed by atoms with Crippen molar-refractivity contribution in [2.24, 2.45) is 0 Å². The first kappa shape index (κ1) is 22.1. The molecule has 1 aliphatic rings. The van der Waals surface area contributed by atoms with Crippen molar-refractivity contribution in [2.45, 2.75) is 32.2 Å². The molecule has 3 nitrogen and oxygen atoms in total. The van der Waals surface area contributed by atoms with Crippen molar-refractivity contribution in [3.05, 3.63) is 89.0 Å². The Hall–Kier alpha value is -2.57. The number of ether oxygens (including phenoxy) is 1. The molecule has 1 N–H and O–H groups in total. The molecule has 1 unspecified atom stereocenters. The van der Waals surface area contributed by atoms with Gasteiger partial charge < -0.3 is 9.84 Å². The van der Waals surface area contributed by atoms with Crippen LogP contribution in [0.4, 0.5) is 13.2 Å². The zero-order valence-electron chi connectivity index (χ0n) is 16.9. The second kappa shape index (κ2) is 9.96. The van der Waals surface area contributed by atoms with Crippen LogP contribution in [0.1, 0.15) is 23.1 Å². The van der Waals surface area contributed by atoms with Gasteiger partial charge in [-0.2, -0.15) is 13.2 Å². The lowest BCUT2D eigenvalue weighted by Crippen LogP contribution is -2.36. The van der Waals surface area contributed by atoms with Crippen molar-refractivity contribution in [3.8, 4) is 5.75 Å². The molecule has 30 heavy (non-hydrogen) atoms. The number of hydrogen-bond donors (Lipinski definition) is 1. The van der Waals surface area contributed by atoms with E-state index in [4.69, 9.17) is 4.74 Å². The van der Waals surface area contributed by atoms with Gasteiger partial charge in [-0.25, -0.2) is 0 Å². The highest BCUT2D eigenvalue weighted by Crippen LogP contribution is 2.30. The van der Waals surface area contributed by atoms with Crippen LogP contribution >= 0.6 is 0 Å². The van der Waals surface area contributed by atoms with E-state index in [-0.39, 0.29) is 6.61 Å². The molecule has 2 aromatic rings. The summed E-state index contributed by atoms with van der Waals surface area (Å²) in [5.41, 5.74) is 2.94. The quantitative estimate of drug-likeness (QED) is 0.613. The molecule has 6 heteroatoms. The van der Waals surface area contributed by atoms with Crippen molar-refractivity contribution < 1.29 is 23.0 Å². The Morgan fingerprint density at radius 3 is 2.43 bits per heavy atom. The molecule has 0 aliphatic heterocycles. The molecule has 160 valence electrons. The predicted octanol–water partition coefficient (Wildman–Crippen LogP) is 5.14. The first-order valence-electron chi connectivity index (χ1n) is 9.91. The molecule has 0 amide bonds. The summed E-state index contributed by atoms with van der Waals surface area (Å²) in [6.45, 7) is 3.90. The minimum Gasteiger partial charge on any atom is -0.491 e. The number of aliphatic hydroxyl groups is 1. The van der Waals surface area contributed by atoms with Crippen LogP contribution in [0.3, 0.4) is 0 Å². The van der Waals surface area contributed by atoms with E-state index in [1.54, 1.807) is 0 Å². The lowest BCUT2D eigenvalue weighted by Gasteiger charge is -2.26. The van der Waals surface area contributed by atoms with Gasteiger partial charge in [0.15, 0.2) is 0 Å². The minimum absolute atomic E-state index is 0.00688. The zero-order chi connectivity index (χ0) is 21.6. The Morgan fingerprint density at radius 1 is 1.07 bits per heavy atom. The summed E-state index contributed by atoms with van der Waals surface area (Å²) in [5.74, 6) is 0.301. The van der Waals surface area contributed by atoms with Crippen molar-refractivity contribution in [2.75, 3.05) is 19.7 Å². The summed E-state index contributed by atoms with van der Waals surface area (Å²) in [7, 11) is 0. The predicted molar refractivity (Wildman–Crippen MR) is 111 cm³/mol. The fourth-order valence-corrected chi connectivity index (χ4v) is 3.39. The van der Waals surface area contributed by atoms with Gasteiger partial charge in [0.25, 0.3) is 0 Å². The fourth-order valence-electron chi connectivity index (χ4n) is 3.39. The van der Waals surface area contributed by atoms with E-state index in [1.165, 1.54) is 28.8 Å². The number of hydrogen-bond acceptors (Lipinski definition) is 3. The maximum atomic E-state index is 12.7. The van der Waals surface area contributed by atoms with E-state index in [0.717, 1.165) is 25.1 Å². The maximum Gasteiger partial charge on any atom is 0.416 e. The van der Waals surface area contributed by atoms with Crippen LogP contribution in [-0.2, 0) is 12.7 Å². The second-order valence-electron chi connectivity index (χ2n) is 7.54. The highest BCUT2D eigenvalue weighted by Gasteiger charge is 2.30. The Balaban J connectivity index is 1.58. The SMILES string of the molecule is Cc1ccccc1CN(CC1=CC=CC1)CC(O)COc1ccc(C(F)(F)F)cc1. The largest absolute Gasteiger partial charge is 0.491 e. The summed E-state index contributed by atoms with van der Waals surface area (Å²) in [4.78, 5) is 2.17. The number of allylic oxidation sites excluding steroid dienone is 3. The Kier molecular flexibility index (Phi) is 7.34. The Labute approximate surface area is 175 Å². The van der Waals surface area contributed by atoms with Crippen molar-refractivity contribution in [3.63, 3.8) is 0 Å². The number of aliphatic hydroxyl groups excluding tert-OH is 1. The van der Waals surface area contributed by atoms with Gasteiger partial charge in [0.05, 0.1) is 5.56 Å². The van der Waals surface area contributed by atoms with Crippen LogP contribution < -0.4 is 4.74 Å². The molecular formula is C24H26F3NO2. The number of rotatable bonds is 9. The molecule has 0 aromatic heterocycles. The zero-order valence-corrected chi connectivity index (χ0v) is 16.9. The van der Waals surface area contributed by atoms with E-state index < -0.39 is 17.8 Å². The highest BCUT2D eigenvalue weighted by atomic mass is 19.4. The smallest absolute Gasteiger partial charge is 0.416 e. The summed E-state index contributed by atoms with van der Waals surface area (Å²) >= 11 is 0. The first-order chi connectivity index (χ1) is 14.3. The van der Waals surface area contributed by atoms with Crippen LogP contribution in [0, 0.1) is 6.92 Å². The highest BCUT2D eigenvalue weighted by molar-refractivity contribution is 5.29. The monoisotopic (exact) mass is 417 g/mol. The number of benzene rings is 2. The molecule has 1 aliphatic carbocycles. The van der Waals surface area contributed by atoms with Gasteiger partial charge in [-0.05, 0) is 48.7 Å². The Bertz CT molecular complexity index is 888. The molecule has 2 aromatic carbocycles. The summed E-state index contributed by atoms with van der Waals surface area (Å²) in [5, 5.41) is 10.5. The van der Waals surface area contributed by atoms with E-state index in [2.05, 4.69) is 36.1 Å². The average Bonchev–Trinajstić information content (AvgIpc) is 3.21. The van der Waals surface area contributed by atoms with Crippen LogP contribution in [0.2, 0.25) is 0 Å². The van der Waals surface area contributed by atoms with Gasteiger partial charge >= 0.3 is 6.18 Å². The number of nitrogens with zero attached hydrogens (tertiary/aromatic N) is 1. The van der Waals surface area contributed by atoms with Gasteiger partial charge in [0.1, 0.15) is 18.5 Å². The van der Waals surface area contributed by atoms with Gasteiger partial charge in [-0.15, -0.1) is 0 Å². The third-order valence-corrected chi connectivity index (χ3v) is 5.02. The average molecular weight is 417 g/mol. The van der Waals surface area contributed by atoms with E-state index in [0.29, 0.717) is 18.8 Å². The molecule has 0 saturated carbocycles. The van der Waals surface area contributed by atoms with Gasteiger partial charge in [0, 0.05) is 19.6 Å². The minimum atomic E-state index is -4.38. The normalized spacial score (nSPS) is 14.8. The fraction of sp³-hybridized carbons (Fsp3) is 0.333. The van der Waals surface area contributed by atoms with E-state index >= 15 is 0 Å². The molecule has 3 rings (SSSR count). The second-order valence-corrected chi connectivity index (χ2v) is 7.54. The third kappa shape index (κ3) is 6.47. The molecule has 0 heterocycles. The molecule has 0 bridgehead atoms. The van der Waals surface area contributed by atoms with Gasteiger partial charge in [-0.3, -0.25) is 4.90 Å². The topological polar surface area (TPSA) is 32.7 Å². The van der Waals surface area contributed by atoms with Crippen molar-refractivity contribution >= 4 is 0 Å². The summed E-state index contributed by atoms with van der Waals surface area (Å²) in [6.07, 6.45) is 1.99. The van der Waals surface area contributed by atoms with Crippen LogP contribution in [-0.4, -0.2) is 35.8 Å². The van der Waals surface area contributed by atoms with Crippen molar-refractivity contribution in [1.82, 2.24) is 4.90 Å². The summed E-state index contributed by atoms with van der Waals surface area (Å²) in [6, 6.07) is 12.6. The van der Waals surface area contributed by atoms with Gasteiger partial charge in [-0.1, -0.05) is 48.1 Å². The standard InChI is InChI=1S/C24H26F3NO2/c1-18-6-2-5-9-20(18)15-28(14-19-7-3-4-8-19)16-22(29)17-30-23-12-10-21(11-13-23)24(25,26)27/h2-7,9-13,22,29H,8,14-17H2,1H3.